The van der Waals surface area contributed by atoms with Gasteiger partial charge in [0.2, 0.25) is 5.88 Å². The van der Waals surface area contributed by atoms with Crippen LogP contribution < -0.4 is 20.3 Å². The lowest BCUT2D eigenvalue weighted by atomic mass is 10.1. The molecular weight excluding hydrogens is 424 g/mol. The summed E-state index contributed by atoms with van der Waals surface area (Å²) in [6.07, 6.45) is 4.48. The van der Waals surface area contributed by atoms with Gasteiger partial charge < -0.3 is 19.5 Å². The number of nitrogens with one attached hydrogen (secondary N) is 1. The Labute approximate surface area is 189 Å². The zero-order valence-corrected chi connectivity index (χ0v) is 18.0. The fraction of sp³-hybridized carbons (Fsp3) is 0.250. The lowest BCUT2D eigenvalue weighted by Gasteiger charge is -2.12. The maximum Gasteiger partial charge on any atom is 0.269 e. The second-order valence-electron chi connectivity index (χ2n) is 7.36. The third kappa shape index (κ3) is 5.02. The summed E-state index contributed by atoms with van der Waals surface area (Å²) in [7, 11) is 1.55. The Morgan fingerprint density at radius 3 is 2.79 bits per heavy atom. The average molecular weight is 446 g/mol. The molecule has 1 N–H and O–H groups in total. The number of rotatable bonds is 7. The van der Waals surface area contributed by atoms with Gasteiger partial charge in [0.05, 0.1) is 13.2 Å². The van der Waals surface area contributed by atoms with E-state index in [0.717, 1.165) is 12.8 Å². The smallest absolute Gasteiger partial charge is 0.269 e. The molecule has 9 nitrogen and oxygen atoms in total. The molecule has 4 rings (SSSR count). The van der Waals surface area contributed by atoms with Crippen LogP contribution in [0, 0.1) is 11.3 Å². The van der Waals surface area contributed by atoms with Gasteiger partial charge in [-0.25, -0.2) is 0 Å². The lowest BCUT2D eigenvalue weighted by molar-refractivity contribution is -0.117. The van der Waals surface area contributed by atoms with E-state index in [2.05, 4.69) is 10.3 Å². The van der Waals surface area contributed by atoms with Gasteiger partial charge in [-0.1, -0.05) is 6.07 Å². The van der Waals surface area contributed by atoms with Crippen LogP contribution in [0.2, 0.25) is 0 Å². The van der Waals surface area contributed by atoms with Crippen LogP contribution in [0.25, 0.3) is 11.7 Å². The first-order valence-corrected chi connectivity index (χ1v) is 10.4. The highest BCUT2D eigenvalue weighted by Crippen LogP contribution is 2.25. The molecule has 0 radical (unpaired) electrons. The molecule has 3 aromatic rings. The van der Waals surface area contributed by atoms with Crippen molar-refractivity contribution in [1.29, 1.82) is 5.26 Å². The molecule has 1 amide bonds. The molecule has 0 saturated carbocycles. The number of hydrogen-bond acceptors (Lipinski definition) is 7. The van der Waals surface area contributed by atoms with E-state index in [4.69, 9.17) is 14.2 Å². The predicted octanol–water partition coefficient (Wildman–Crippen LogP) is 2.70. The molecule has 1 aliphatic rings. The van der Waals surface area contributed by atoms with Crippen LogP contribution in [0.3, 0.4) is 0 Å². The van der Waals surface area contributed by atoms with Gasteiger partial charge in [-0.3, -0.25) is 14.0 Å². The normalized spacial score (nSPS) is 15.8. The molecule has 0 bridgehead atoms. The Balaban J connectivity index is 1.71. The summed E-state index contributed by atoms with van der Waals surface area (Å²) in [6.45, 7) is 0.953. The number of benzene rings is 1. The maximum atomic E-state index is 13.2. The molecule has 1 atom stereocenters. The zero-order chi connectivity index (χ0) is 23.2. The van der Waals surface area contributed by atoms with E-state index < -0.39 is 11.5 Å². The third-order valence-electron chi connectivity index (χ3n) is 5.18. The number of carbonyl (C=O) groups is 1. The van der Waals surface area contributed by atoms with Gasteiger partial charge in [-0.2, -0.15) is 10.2 Å². The molecule has 1 aliphatic heterocycles. The minimum atomic E-state index is -0.596. The average Bonchev–Trinajstić information content (AvgIpc) is 3.37. The van der Waals surface area contributed by atoms with E-state index >= 15 is 0 Å². The largest absolute Gasteiger partial charge is 0.497 e. The first-order chi connectivity index (χ1) is 16.1. The van der Waals surface area contributed by atoms with E-state index in [0.29, 0.717) is 30.3 Å². The number of fused-ring (bicyclic) bond motifs is 1. The third-order valence-corrected chi connectivity index (χ3v) is 5.18. The van der Waals surface area contributed by atoms with Gasteiger partial charge in [-0.05, 0) is 55.3 Å². The van der Waals surface area contributed by atoms with Crippen molar-refractivity contribution in [2.75, 3.05) is 20.3 Å². The summed E-state index contributed by atoms with van der Waals surface area (Å²) in [5.74, 6) is 0.444. The summed E-state index contributed by atoms with van der Waals surface area (Å²) in [4.78, 5) is 30.2. The molecule has 2 aromatic heterocycles. The minimum Gasteiger partial charge on any atom is -0.497 e. The van der Waals surface area contributed by atoms with Crippen LogP contribution in [-0.2, 0) is 9.53 Å². The summed E-state index contributed by atoms with van der Waals surface area (Å²) < 4.78 is 17.8. The lowest BCUT2D eigenvalue weighted by Crippen LogP contribution is -2.32. The van der Waals surface area contributed by atoms with Crippen molar-refractivity contribution < 1.29 is 19.0 Å². The fourth-order valence-corrected chi connectivity index (χ4v) is 3.44. The standard InChI is InChI=1S/C24H22N4O5/c1-31-17-7-9-18(10-8-17)33-23-20(24(30)28-11-3-2-6-21(28)27-23)13-16(14-25)22(29)26-15-19-5-4-12-32-19/h2-3,6-11,13,19H,4-5,12,15H2,1H3,(H,26,29). The zero-order valence-electron chi connectivity index (χ0n) is 18.0. The van der Waals surface area contributed by atoms with Crippen LogP contribution >= 0.6 is 0 Å². The highest BCUT2D eigenvalue weighted by molar-refractivity contribution is 6.01. The highest BCUT2D eigenvalue weighted by atomic mass is 16.5. The Hall–Kier alpha value is -4.16. The first kappa shape index (κ1) is 22.0. The molecule has 0 spiro atoms. The van der Waals surface area contributed by atoms with Crippen molar-refractivity contribution >= 4 is 17.6 Å². The molecule has 3 heterocycles. The van der Waals surface area contributed by atoms with Crippen molar-refractivity contribution in [2.24, 2.45) is 0 Å². The number of nitriles is 1. The number of carbonyl (C=O) groups excluding carboxylic acids is 1. The fourth-order valence-electron chi connectivity index (χ4n) is 3.44. The van der Waals surface area contributed by atoms with Crippen molar-refractivity contribution in [3.8, 4) is 23.4 Å². The van der Waals surface area contributed by atoms with E-state index in [1.165, 1.54) is 10.5 Å². The molecule has 1 fully saturated rings. The highest BCUT2D eigenvalue weighted by Gasteiger charge is 2.20. The van der Waals surface area contributed by atoms with E-state index in [1.54, 1.807) is 55.8 Å². The van der Waals surface area contributed by atoms with Gasteiger partial charge in [0.25, 0.3) is 11.5 Å². The molecule has 0 aliphatic carbocycles. The SMILES string of the molecule is COc1ccc(Oc2nc3ccccn3c(=O)c2C=C(C#N)C(=O)NCC2CCCO2)cc1. The molecule has 1 unspecified atom stereocenters. The number of hydrogen-bond donors (Lipinski definition) is 1. The maximum absolute atomic E-state index is 13.2. The quantitative estimate of drug-likeness (QED) is 0.438. The number of nitrogens with zero attached hydrogens (tertiary/aromatic N) is 3. The van der Waals surface area contributed by atoms with E-state index in [-0.39, 0.29) is 23.1 Å². The van der Waals surface area contributed by atoms with Crippen molar-refractivity contribution in [3.05, 3.63) is 70.2 Å². The second kappa shape index (κ2) is 9.97. The summed E-state index contributed by atoms with van der Waals surface area (Å²) in [5.41, 5.74) is -0.353. The van der Waals surface area contributed by atoms with Gasteiger partial charge in [0.1, 0.15) is 34.4 Å². The second-order valence-corrected chi connectivity index (χ2v) is 7.36. The molecule has 1 saturated heterocycles. The van der Waals surface area contributed by atoms with Gasteiger partial charge in [-0.15, -0.1) is 0 Å². The van der Waals surface area contributed by atoms with Gasteiger partial charge >= 0.3 is 0 Å². The Morgan fingerprint density at radius 2 is 2.09 bits per heavy atom. The van der Waals surface area contributed by atoms with E-state index in [1.807, 2.05) is 6.07 Å². The summed E-state index contributed by atoms with van der Waals surface area (Å²) >= 11 is 0. The van der Waals surface area contributed by atoms with E-state index in [9.17, 15) is 14.9 Å². The Bertz CT molecular complexity index is 1280. The van der Waals surface area contributed by atoms with Crippen LogP contribution in [-0.4, -0.2) is 41.7 Å². The molecule has 9 heteroatoms. The van der Waals surface area contributed by atoms with Crippen LogP contribution in [0.15, 0.2) is 59.0 Å². The number of pyridine rings is 1. The Morgan fingerprint density at radius 1 is 1.30 bits per heavy atom. The minimum absolute atomic E-state index is 0.0154. The molecule has 1 aromatic carbocycles. The molecule has 33 heavy (non-hydrogen) atoms. The molecule has 168 valence electrons. The van der Waals surface area contributed by atoms with Crippen molar-refractivity contribution in [1.82, 2.24) is 14.7 Å². The van der Waals surface area contributed by atoms with Crippen molar-refractivity contribution in [3.63, 3.8) is 0 Å². The molecular formula is C24H22N4O5. The van der Waals surface area contributed by atoms with Crippen LogP contribution in [0.1, 0.15) is 18.4 Å². The first-order valence-electron chi connectivity index (χ1n) is 10.4. The van der Waals surface area contributed by atoms with Crippen molar-refractivity contribution in [2.45, 2.75) is 18.9 Å². The Kier molecular flexibility index (Phi) is 6.66. The predicted molar refractivity (Wildman–Crippen MR) is 120 cm³/mol. The van der Waals surface area contributed by atoms with Gasteiger partial charge in [0.15, 0.2) is 0 Å². The van der Waals surface area contributed by atoms with Gasteiger partial charge in [0, 0.05) is 19.3 Å². The number of aromatic nitrogens is 2. The number of methoxy groups -OCH3 is 1. The summed E-state index contributed by atoms with van der Waals surface area (Å²) in [6, 6.07) is 13.7. The van der Waals surface area contributed by atoms with Crippen LogP contribution in [0.5, 0.6) is 17.4 Å². The van der Waals surface area contributed by atoms with Crippen LogP contribution in [0.4, 0.5) is 0 Å². The monoisotopic (exact) mass is 446 g/mol. The number of amides is 1. The number of ether oxygens (including phenoxy) is 3. The topological polar surface area (TPSA) is 115 Å². The summed E-state index contributed by atoms with van der Waals surface area (Å²) in [5, 5.41) is 12.3.